The maximum Gasteiger partial charge on any atom is 0.304 e. The van der Waals surface area contributed by atoms with Crippen LogP contribution in [-0.2, 0) is 16.0 Å². The number of hydrogen-bond donors (Lipinski definition) is 1. The minimum absolute atomic E-state index is 0.0330. The average Bonchev–Trinajstić information content (AvgIpc) is 2.98. The Kier molecular flexibility index (Phi) is 4.99. The Labute approximate surface area is 137 Å². The standard InChI is InChI=1S/C19H25NO3/c21-18(22)11-17(10-14-6-2-1-3-7-14)19(23)20-12-15-8-4-5-9-16(15)13-20/h1-3,6-7,15-17H,4-5,8-13H2,(H,21,22)/t15-,16+,17?. The van der Waals surface area contributed by atoms with Crippen LogP contribution >= 0.6 is 0 Å². The first kappa shape index (κ1) is 16.0. The predicted molar refractivity (Wildman–Crippen MR) is 87.9 cm³/mol. The molecule has 1 aliphatic carbocycles. The lowest BCUT2D eigenvalue weighted by molar-refractivity contribution is -0.144. The first-order valence-corrected chi connectivity index (χ1v) is 8.68. The van der Waals surface area contributed by atoms with Crippen LogP contribution in [0.5, 0.6) is 0 Å². The van der Waals surface area contributed by atoms with Gasteiger partial charge in [-0.25, -0.2) is 0 Å². The number of aliphatic carboxylic acids is 1. The van der Waals surface area contributed by atoms with Crippen LogP contribution in [0, 0.1) is 17.8 Å². The van der Waals surface area contributed by atoms with Crippen LogP contribution in [0.1, 0.15) is 37.7 Å². The van der Waals surface area contributed by atoms with Crippen LogP contribution in [-0.4, -0.2) is 35.0 Å². The summed E-state index contributed by atoms with van der Waals surface area (Å²) in [6.45, 7) is 1.66. The van der Waals surface area contributed by atoms with Crippen molar-refractivity contribution in [3.05, 3.63) is 35.9 Å². The summed E-state index contributed by atoms with van der Waals surface area (Å²) < 4.78 is 0. The first-order chi connectivity index (χ1) is 11.1. The number of nitrogens with zero attached hydrogens (tertiary/aromatic N) is 1. The van der Waals surface area contributed by atoms with E-state index >= 15 is 0 Å². The lowest BCUT2D eigenvalue weighted by atomic mass is 9.82. The molecule has 1 saturated heterocycles. The van der Waals surface area contributed by atoms with E-state index in [1.54, 1.807) is 0 Å². The molecule has 23 heavy (non-hydrogen) atoms. The molecule has 0 radical (unpaired) electrons. The molecule has 0 bridgehead atoms. The minimum atomic E-state index is -0.893. The summed E-state index contributed by atoms with van der Waals surface area (Å²) in [6, 6.07) is 9.73. The summed E-state index contributed by atoms with van der Waals surface area (Å²) in [6.07, 6.45) is 5.41. The van der Waals surface area contributed by atoms with Crippen molar-refractivity contribution in [1.82, 2.24) is 4.90 Å². The van der Waals surface area contributed by atoms with Crippen molar-refractivity contribution < 1.29 is 14.7 Å². The third-order valence-electron chi connectivity index (χ3n) is 5.38. The molecular weight excluding hydrogens is 290 g/mol. The molecule has 4 nitrogen and oxygen atoms in total. The second-order valence-corrected chi connectivity index (χ2v) is 7.03. The summed E-state index contributed by atoms with van der Waals surface area (Å²) in [4.78, 5) is 26.0. The van der Waals surface area contributed by atoms with Gasteiger partial charge in [-0.15, -0.1) is 0 Å². The molecule has 1 unspecified atom stereocenters. The molecule has 2 fully saturated rings. The molecule has 4 heteroatoms. The van der Waals surface area contributed by atoms with Gasteiger partial charge in [0.15, 0.2) is 0 Å². The monoisotopic (exact) mass is 315 g/mol. The summed E-state index contributed by atoms with van der Waals surface area (Å²) in [7, 11) is 0. The van der Waals surface area contributed by atoms with E-state index in [-0.39, 0.29) is 12.3 Å². The van der Waals surface area contributed by atoms with E-state index in [4.69, 9.17) is 0 Å². The molecule has 124 valence electrons. The third kappa shape index (κ3) is 3.92. The fourth-order valence-corrected chi connectivity index (χ4v) is 4.20. The van der Waals surface area contributed by atoms with Gasteiger partial charge in [0.25, 0.3) is 0 Å². The zero-order chi connectivity index (χ0) is 16.2. The summed E-state index contributed by atoms with van der Waals surface area (Å²) in [5, 5.41) is 9.19. The Morgan fingerprint density at radius 2 is 1.70 bits per heavy atom. The summed E-state index contributed by atoms with van der Waals surface area (Å²) >= 11 is 0. The summed E-state index contributed by atoms with van der Waals surface area (Å²) in [5.41, 5.74) is 1.03. The second kappa shape index (κ2) is 7.16. The SMILES string of the molecule is O=C(O)CC(Cc1ccccc1)C(=O)N1C[C@H]2CCCC[C@H]2C1. The van der Waals surface area contributed by atoms with Gasteiger partial charge in [0.05, 0.1) is 12.3 Å². The van der Waals surface area contributed by atoms with Crippen molar-refractivity contribution in [3.8, 4) is 0 Å². The number of rotatable bonds is 5. The molecule has 1 amide bonds. The summed E-state index contributed by atoms with van der Waals surface area (Å²) in [5.74, 6) is -0.0404. The zero-order valence-corrected chi connectivity index (χ0v) is 13.5. The van der Waals surface area contributed by atoms with Gasteiger partial charge in [-0.05, 0) is 36.7 Å². The molecular formula is C19H25NO3. The normalized spacial score (nSPS) is 25.0. The largest absolute Gasteiger partial charge is 0.481 e. The number of carbonyl (C=O) groups is 2. The fourth-order valence-electron chi connectivity index (χ4n) is 4.20. The van der Waals surface area contributed by atoms with E-state index in [2.05, 4.69) is 0 Å². The van der Waals surface area contributed by atoms with E-state index in [1.165, 1.54) is 25.7 Å². The first-order valence-electron chi connectivity index (χ1n) is 8.68. The molecule has 1 saturated carbocycles. The average molecular weight is 315 g/mol. The molecule has 0 aromatic heterocycles. The Hall–Kier alpha value is -1.84. The molecule has 1 aliphatic heterocycles. The lowest BCUT2D eigenvalue weighted by Crippen LogP contribution is -2.36. The van der Waals surface area contributed by atoms with Crippen LogP contribution < -0.4 is 0 Å². The Morgan fingerprint density at radius 1 is 1.09 bits per heavy atom. The number of benzene rings is 1. The molecule has 2 aliphatic rings. The number of hydrogen-bond acceptors (Lipinski definition) is 2. The van der Waals surface area contributed by atoms with Crippen molar-refractivity contribution in [2.75, 3.05) is 13.1 Å². The van der Waals surface area contributed by atoms with E-state index in [0.717, 1.165) is 18.7 Å². The zero-order valence-electron chi connectivity index (χ0n) is 13.5. The van der Waals surface area contributed by atoms with E-state index in [1.807, 2.05) is 35.2 Å². The van der Waals surface area contributed by atoms with Gasteiger partial charge >= 0.3 is 5.97 Å². The maximum absolute atomic E-state index is 12.9. The van der Waals surface area contributed by atoms with Crippen molar-refractivity contribution in [2.45, 2.75) is 38.5 Å². The number of amides is 1. The number of carboxylic acids is 1. The predicted octanol–water partition coefficient (Wildman–Crippen LogP) is 2.97. The van der Waals surface area contributed by atoms with E-state index in [0.29, 0.717) is 18.3 Å². The van der Waals surface area contributed by atoms with Crippen molar-refractivity contribution in [2.24, 2.45) is 17.8 Å². The smallest absolute Gasteiger partial charge is 0.304 e. The lowest BCUT2D eigenvalue weighted by Gasteiger charge is -2.23. The number of likely N-dealkylation sites (tertiary alicyclic amines) is 1. The van der Waals surface area contributed by atoms with Crippen molar-refractivity contribution >= 4 is 11.9 Å². The fraction of sp³-hybridized carbons (Fsp3) is 0.579. The van der Waals surface area contributed by atoms with Crippen LogP contribution in [0.3, 0.4) is 0 Å². The van der Waals surface area contributed by atoms with Gasteiger partial charge in [-0.2, -0.15) is 0 Å². The minimum Gasteiger partial charge on any atom is -0.481 e. The highest BCUT2D eigenvalue weighted by molar-refractivity contribution is 5.83. The van der Waals surface area contributed by atoms with E-state index < -0.39 is 11.9 Å². The van der Waals surface area contributed by atoms with E-state index in [9.17, 15) is 14.7 Å². The number of fused-ring (bicyclic) bond motifs is 1. The van der Waals surface area contributed by atoms with Gasteiger partial charge in [0.2, 0.25) is 5.91 Å². The van der Waals surface area contributed by atoms with Gasteiger partial charge in [0, 0.05) is 13.1 Å². The van der Waals surface area contributed by atoms with Crippen molar-refractivity contribution in [1.29, 1.82) is 0 Å². The molecule has 1 heterocycles. The Balaban J connectivity index is 1.68. The second-order valence-electron chi connectivity index (χ2n) is 7.03. The quantitative estimate of drug-likeness (QED) is 0.909. The highest BCUT2D eigenvalue weighted by Gasteiger charge is 2.38. The Morgan fingerprint density at radius 3 is 2.26 bits per heavy atom. The van der Waals surface area contributed by atoms with Crippen LogP contribution in [0.4, 0.5) is 0 Å². The van der Waals surface area contributed by atoms with Crippen LogP contribution in [0.2, 0.25) is 0 Å². The van der Waals surface area contributed by atoms with Gasteiger partial charge in [0.1, 0.15) is 0 Å². The molecule has 0 spiro atoms. The highest BCUT2D eigenvalue weighted by Crippen LogP contribution is 2.36. The van der Waals surface area contributed by atoms with Gasteiger partial charge in [-0.3, -0.25) is 9.59 Å². The topological polar surface area (TPSA) is 57.6 Å². The molecule has 1 N–H and O–H groups in total. The Bertz CT molecular complexity index is 543. The number of carbonyl (C=O) groups excluding carboxylic acids is 1. The van der Waals surface area contributed by atoms with Gasteiger partial charge < -0.3 is 10.0 Å². The number of carboxylic acid groups (broad SMARTS) is 1. The van der Waals surface area contributed by atoms with Crippen molar-refractivity contribution in [3.63, 3.8) is 0 Å². The van der Waals surface area contributed by atoms with Crippen LogP contribution in [0.25, 0.3) is 0 Å². The molecule has 3 rings (SSSR count). The third-order valence-corrected chi connectivity index (χ3v) is 5.38. The molecule has 3 atom stereocenters. The van der Waals surface area contributed by atoms with Gasteiger partial charge in [-0.1, -0.05) is 43.2 Å². The van der Waals surface area contributed by atoms with Crippen LogP contribution in [0.15, 0.2) is 30.3 Å². The maximum atomic E-state index is 12.9. The molecule has 1 aromatic carbocycles. The molecule has 1 aromatic rings. The highest BCUT2D eigenvalue weighted by atomic mass is 16.4.